The van der Waals surface area contributed by atoms with Gasteiger partial charge in [-0.05, 0) is 57.5 Å². The predicted molar refractivity (Wildman–Crippen MR) is 104 cm³/mol. The van der Waals surface area contributed by atoms with Crippen molar-refractivity contribution in [3.05, 3.63) is 69.3 Å². The van der Waals surface area contributed by atoms with Gasteiger partial charge in [0, 0.05) is 15.9 Å². The summed E-state index contributed by atoms with van der Waals surface area (Å²) >= 11 is 7.70. The Morgan fingerprint density at radius 1 is 0.958 bits per heavy atom. The van der Waals surface area contributed by atoms with Crippen molar-refractivity contribution in [2.75, 3.05) is 0 Å². The average molecular weight is 357 g/mol. The minimum atomic E-state index is -0.0709. The number of rotatable bonds is 2. The molecule has 0 aliphatic carbocycles. The lowest BCUT2D eigenvalue weighted by Crippen LogP contribution is -2.31. The van der Waals surface area contributed by atoms with E-state index in [-0.39, 0.29) is 5.54 Å². The fourth-order valence-corrected chi connectivity index (χ4v) is 3.81. The van der Waals surface area contributed by atoms with E-state index in [1.54, 1.807) is 11.3 Å². The number of benzene rings is 2. The zero-order chi connectivity index (χ0) is 17.3. The third-order valence-electron chi connectivity index (χ3n) is 3.78. The zero-order valence-electron chi connectivity index (χ0n) is 14.4. The molecule has 3 aromatic rings. The third-order valence-corrected chi connectivity index (χ3v) is 4.86. The van der Waals surface area contributed by atoms with Crippen LogP contribution in [0.2, 0.25) is 5.02 Å². The van der Waals surface area contributed by atoms with Crippen molar-refractivity contribution in [2.24, 2.45) is 4.99 Å². The number of hydrogen-bond donors (Lipinski definition) is 0. The molecule has 0 bridgehead atoms. The van der Waals surface area contributed by atoms with E-state index in [0.29, 0.717) is 0 Å². The summed E-state index contributed by atoms with van der Waals surface area (Å²) in [5.41, 5.74) is 4.46. The number of thiazole rings is 1. The molecule has 2 aromatic carbocycles. The van der Waals surface area contributed by atoms with Crippen LogP contribution < -0.4 is 4.80 Å². The van der Waals surface area contributed by atoms with Gasteiger partial charge in [0.25, 0.3) is 0 Å². The van der Waals surface area contributed by atoms with Crippen LogP contribution in [0.5, 0.6) is 0 Å². The molecular weight excluding hydrogens is 336 g/mol. The zero-order valence-corrected chi connectivity index (χ0v) is 15.9. The van der Waals surface area contributed by atoms with Gasteiger partial charge < -0.3 is 4.57 Å². The summed E-state index contributed by atoms with van der Waals surface area (Å²) < 4.78 is 2.29. The van der Waals surface area contributed by atoms with Crippen molar-refractivity contribution in [1.82, 2.24) is 4.57 Å². The van der Waals surface area contributed by atoms with Crippen molar-refractivity contribution >= 4 is 28.6 Å². The highest BCUT2D eigenvalue weighted by Crippen LogP contribution is 2.27. The summed E-state index contributed by atoms with van der Waals surface area (Å²) in [5, 5.41) is 2.92. The predicted octanol–water partition coefficient (Wildman–Crippen LogP) is 6.17. The summed E-state index contributed by atoms with van der Waals surface area (Å²) in [6, 6.07) is 16.3. The minimum Gasteiger partial charge on any atom is -0.311 e. The van der Waals surface area contributed by atoms with Gasteiger partial charge in [-0.15, -0.1) is 11.3 Å². The van der Waals surface area contributed by atoms with E-state index in [1.807, 2.05) is 12.1 Å². The molecule has 0 saturated carbocycles. The van der Waals surface area contributed by atoms with Gasteiger partial charge in [0.15, 0.2) is 4.80 Å². The third kappa shape index (κ3) is 3.63. The standard InChI is InChI=1S/C20H21ClN2S/c1-14-5-11-17(12-6-14)22-19-23(20(2,3)4)18(13-24-19)15-7-9-16(21)10-8-15/h5-13H,1-4H3. The Labute approximate surface area is 152 Å². The van der Waals surface area contributed by atoms with Crippen LogP contribution in [-0.2, 0) is 5.54 Å². The minimum absolute atomic E-state index is 0.0709. The van der Waals surface area contributed by atoms with Crippen LogP contribution >= 0.6 is 22.9 Å². The normalized spacial score (nSPS) is 12.6. The second-order valence-corrected chi connectivity index (χ2v) is 8.14. The highest BCUT2D eigenvalue weighted by Gasteiger charge is 2.20. The largest absolute Gasteiger partial charge is 0.311 e. The number of aromatic nitrogens is 1. The second kappa shape index (κ2) is 6.58. The highest BCUT2D eigenvalue weighted by atomic mass is 35.5. The van der Waals surface area contributed by atoms with E-state index in [1.165, 1.54) is 5.56 Å². The number of hydrogen-bond acceptors (Lipinski definition) is 2. The van der Waals surface area contributed by atoms with Crippen LogP contribution in [0.3, 0.4) is 0 Å². The second-order valence-electron chi connectivity index (χ2n) is 6.86. The van der Waals surface area contributed by atoms with E-state index < -0.39 is 0 Å². The molecule has 2 nitrogen and oxygen atoms in total. The lowest BCUT2D eigenvalue weighted by molar-refractivity contribution is 0.392. The Hall–Kier alpha value is -1.84. The van der Waals surface area contributed by atoms with E-state index in [4.69, 9.17) is 16.6 Å². The molecule has 0 fully saturated rings. The number of halogens is 1. The van der Waals surface area contributed by atoms with Crippen molar-refractivity contribution < 1.29 is 0 Å². The Morgan fingerprint density at radius 2 is 1.58 bits per heavy atom. The molecular formula is C20H21ClN2S. The van der Waals surface area contributed by atoms with Gasteiger partial charge in [0.2, 0.25) is 0 Å². The first-order chi connectivity index (χ1) is 11.3. The van der Waals surface area contributed by atoms with Gasteiger partial charge in [-0.2, -0.15) is 0 Å². The van der Waals surface area contributed by atoms with Crippen LogP contribution in [-0.4, -0.2) is 4.57 Å². The van der Waals surface area contributed by atoms with Crippen molar-refractivity contribution in [3.8, 4) is 11.3 Å². The molecule has 0 amide bonds. The molecule has 0 aliphatic rings. The molecule has 1 aromatic heterocycles. The fraction of sp³-hybridized carbons (Fsp3) is 0.250. The maximum Gasteiger partial charge on any atom is 0.190 e. The molecule has 0 spiro atoms. The lowest BCUT2D eigenvalue weighted by atomic mass is 10.1. The maximum absolute atomic E-state index is 6.03. The maximum atomic E-state index is 6.03. The molecule has 3 rings (SSSR count). The van der Waals surface area contributed by atoms with Crippen molar-refractivity contribution in [1.29, 1.82) is 0 Å². The summed E-state index contributed by atoms with van der Waals surface area (Å²) in [7, 11) is 0. The van der Waals surface area contributed by atoms with Crippen LogP contribution in [0, 0.1) is 6.92 Å². The summed E-state index contributed by atoms with van der Waals surface area (Å²) in [5.74, 6) is 0. The Bertz CT molecular complexity index is 895. The first-order valence-electron chi connectivity index (χ1n) is 7.93. The van der Waals surface area contributed by atoms with Crippen LogP contribution in [0.1, 0.15) is 26.3 Å². The quantitative estimate of drug-likeness (QED) is 0.522. The molecule has 0 unspecified atom stereocenters. The van der Waals surface area contributed by atoms with Crippen LogP contribution in [0.4, 0.5) is 5.69 Å². The monoisotopic (exact) mass is 356 g/mol. The van der Waals surface area contributed by atoms with Crippen LogP contribution in [0.15, 0.2) is 58.9 Å². The molecule has 0 N–H and O–H groups in total. The van der Waals surface area contributed by atoms with E-state index in [2.05, 4.69) is 74.0 Å². The topological polar surface area (TPSA) is 17.3 Å². The van der Waals surface area contributed by atoms with Crippen molar-refractivity contribution in [2.45, 2.75) is 33.2 Å². The average Bonchev–Trinajstić information content (AvgIpc) is 2.94. The van der Waals surface area contributed by atoms with Crippen molar-refractivity contribution in [3.63, 3.8) is 0 Å². The SMILES string of the molecule is Cc1ccc(N=c2scc(-c3ccc(Cl)cc3)n2C(C)(C)C)cc1. The molecule has 0 radical (unpaired) electrons. The lowest BCUT2D eigenvalue weighted by Gasteiger charge is -2.24. The Kier molecular flexibility index (Phi) is 4.66. The van der Waals surface area contributed by atoms with E-state index in [0.717, 1.165) is 26.8 Å². The van der Waals surface area contributed by atoms with Crippen LogP contribution in [0.25, 0.3) is 11.3 Å². The van der Waals surface area contributed by atoms with Gasteiger partial charge in [0.05, 0.1) is 11.4 Å². The van der Waals surface area contributed by atoms with E-state index in [9.17, 15) is 0 Å². The van der Waals surface area contributed by atoms with Gasteiger partial charge in [-0.3, -0.25) is 0 Å². The molecule has 0 aliphatic heterocycles. The molecule has 124 valence electrons. The van der Waals surface area contributed by atoms with E-state index >= 15 is 0 Å². The van der Waals surface area contributed by atoms with Gasteiger partial charge in [-0.1, -0.05) is 41.4 Å². The molecule has 1 heterocycles. The smallest absolute Gasteiger partial charge is 0.190 e. The van der Waals surface area contributed by atoms with Gasteiger partial charge >= 0.3 is 0 Å². The Morgan fingerprint density at radius 3 is 2.17 bits per heavy atom. The molecule has 0 atom stereocenters. The first-order valence-corrected chi connectivity index (χ1v) is 9.19. The van der Waals surface area contributed by atoms with Gasteiger partial charge in [0.1, 0.15) is 0 Å². The number of nitrogens with zero attached hydrogens (tertiary/aromatic N) is 2. The highest BCUT2D eigenvalue weighted by molar-refractivity contribution is 7.07. The van der Waals surface area contributed by atoms with Gasteiger partial charge in [-0.25, -0.2) is 4.99 Å². The Balaban J connectivity index is 2.18. The fourth-order valence-electron chi connectivity index (χ4n) is 2.59. The first kappa shape index (κ1) is 17.0. The number of aryl methyl sites for hydroxylation is 1. The molecule has 24 heavy (non-hydrogen) atoms. The summed E-state index contributed by atoms with van der Waals surface area (Å²) in [4.78, 5) is 5.86. The molecule has 4 heteroatoms. The molecule has 0 saturated heterocycles. The summed E-state index contributed by atoms with van der Waals surface area (Å²) in [6.45, 7) is 8.69. The summed E-state index contributed by atoms with van der Waals surface area (Å²) in [6.07, 6.45) is 0.